The highest BCUT2D eigenvalue weighted by molar-refractivity contribution is 6.33. The van der Waals surface area contributed by atoms with E-state index in [9.17, 15) is 4.79 Å². The maximum Gasteiger partial charge on any atom is 0.239 e. The lowest BCUT2D eigenvalue weighted by atomic mass is 10.0. The average Bonchev–Trinajstić information content (AvgIpc) is 2.57. The average molecular weight is 331 g/mol. The number of amides is 1. The highest BCUT2D eigenvalue weighted by atomic mass is 35.5. The van der Waals surface area contributed by atoms with Crippen LogP contribution in [0, 0.1) is 0 Å². The van der Waals surface area contributed by atoms with Crippen molar-refractivity contribution >= 4 is 23.2 Å². The fraction of sp³-hybridized carbons (Fsp3) is 0.294. The maximum absolute atomic E-state index is 11.9. The number of aromatic nitrogens is 1. The number of pyridine rings is 1. The number of carbonyl (C=O) groups is 1. The van der Waals surface area contributed by atoms with Crippen LogP contribution in [0.25, 0.3) is 0 Å². The van der Waals surface area contributed by atoms with Crippen molar-refractivity contribution < 1.29 is 4.79 Å². The molecule has 1 fully saturated rings. The Labute approximate surface area is 140 Å². The van der Waals surface area contributed by atoms with Crippen molar-refractivity contribution in [2.24, 2.45) is 5.73 Å². The molecule has 0 spiro atoms. The summed E-state index contributed by atoms with van der Waals surface area (Å²) < 4.78 is 0. The molecule has 1 aromatic heterocycles. The molecule has 1 amide bonds. The summed E-state index contributed by atoms with van der Waals surface area (Å²) in [6, 6.07) is 11.2. The lowest BCUT2D eigenvalue weighted by Gasteiger charge is -2.39. The van der Waals surface area contributed by atoms with Gasteiger partial charge in [-0.2, -0.15) is 0 Å². The van der Waals surface area contributed by atoms with Crippen LogP contribution in [0.15, 0.2) is 48.8 Å². The number of piperazine rings is 1. The van der Waals surface area contributed by atoms with E-state index in [0.29, 0.717) is 5.02 Å². The summed E-state index contributed by atoms with van der Waals surface area (Å²) in [7, 11) is 0. The number of anilines is 1. The molecule has 3 rings (SSSR count). The topological polar surface area (TPSA) is 62.5 Å². The maximum atomic E-state index is 11.9. The predicted octanol–water partition coefficient (Wildman–Crippen LogP) is 2.08. The molecule has 1 aliphatic rings. The van der Waals surface area contributed by atoms with E-state index in [1.54, 1.807) is 12.4 Å². The van der Waals surface area contributed by atoms with E-state index in [-0.39, 0.29) is 11.9 Å². The highest BCUT2D eigenvalue weighted by Crippen LogP contribution is 2.27. The first-order chi connectivity index (χ1) is 11.2. The van der Waals surface area contributed by atoms with E-state index in [2.05, 4.69) is 14.8 Å². The molecule has 1 atom stereocenters. The molecule has 1 aliphatic heterocycles. The molecule has 0 saturated carbocycles. The largest absolute Gasteiger partial charge is 0.368 e. The Hall–Kier alpha value is -2.11. The van der Waals surface area contributed by atoms with Gasteiger partial charge >= 0.3 is 0 Å². The van der Waals surface area contributed by atoms with E-state index in [1.807, 2.05) is 36.4 Å². The van der Waals surface area contributed by atoms with Crippen molar-refractivity contribution in [3.63, 3.8) is 0 Å². The molecule has 2 N–H and O–H groups in total. The predicted molar refractivity (Wildman–Crippen MR) is 91.4 cm³/mol. The molecule has 120 valence electrons. The standard InChI is InChI=1S/C17H19ClN4O/c18-14-12-20-7-6-15(14)21-8-10-22(11-9-21)16(17(19)23)13-4-2-1-3-5-13/h1-7,12,16H,8-11H2,(H2,19,23)/t16-/m0/s1. The lowest BCUT2D eigenvalue weighted by molar-refractivity contribution is -0.123. The molecule has 2 heterocycles. The van der Waals surface area contributed by atoms with Crippen molar-refractivity contribution in [3.8, 4) is 0 Å². The molecular formula is C17H19ClN4O. The summed E-state index contributed by atoms with van der Waals surface area (Å²) in [4.78, 5) is 20.3. The Kier molecular flexibility index (Phi) is 4.79. The van der Waals surface area contributed by atoms with Crippen LogP contribution >= 0.6 is 11.6 Å². The summed E-state index contributed by atoms with van der Waals surface area (Å²) in [5.74, 6) is -0.313. The molecule has 23 heavy (non-hydrogen) atoms. The van der Waals surface area contributed by atoms with Gasteiger partial charge in [-0.1, -0.05) is 41.9 Å². The van der Waals surface area contributed by atoms with Gasteiger partial charge in [0.05, 0.1) is 10.7 Å². The zero-order chi connectivity index (χ0) is 16.2. The van der Waals surface area contributed by atoms with Crippen LogP contribution in [0.2, 0.25) is 5.02 Å². The minimum atomic E-state index is -0.383. The monoisotopic (exact) mass is 330 g/mol. The summed E-state index contributed by atoms with van der Waals surface area (Å²) in [5.41, 5.74) is 7.57. The first-order valence-corrected chi connectivity index (χ1v) is 7.97. The van der Waals surface area contributed by atoms with Crippen molar-refractivity contribution in [1.29, 1.82) is 0 Å². The van der Waals surface area contributed by atoms with Crippen molar-refractivity contribution in [2.45, 2.75) is 6.04 Å². The van der Waals surface area contributed by atoms with Gasteiger partial charge in [0, 0.05) is 38.6 Å². The van der Waals surface area contributed by atoms with Crippen LogP contribution in [0.1, 0.15) is 11.6 Å². The first kappa shape index (κ1) is 15.8. The fourth-order valence-corrected chi connectivity index (χ4v) is 3.27. The van der Waals surface area contributed by atoms with Gasteiger partial charge in [0.2, 0.25) is 5.91 Å². The van der Waals surface area contributed by atoms with E-state index in [4.69, 9.17) is 17.3 Å². The number of rotatable bonds is 4. The van der Waals surface area contributed by atoms with Crippen LogP contribution in [-0.4, -0.2) is 42.0 Å². The van der Waals surface area contributed by atoms with Gasteiger partial charge < -0.3 is 10.6 Å². The first-order valence-electron chi connectivity index (χ1n) is 7.59. The molecule has 5 nitrogen and oxygen atoms in total. The van der Waals surface area contributed by atoms with Crippen molar-refractivity contribution in [1.82, 2.24) is 9.88 Å². The number of benzene rings is 1. The van der Waals surface area contributed by atoms with Crippen LogP contribution in [0.3, 0.4) is 0 Å². The minimum absolute atomic E-state index is 0.313. The molecule has 1 saturated heterocycles. The second-order valence-electron chi connectivity index (χ2n) is 5.57. The second kappa shape index (κ2) is 6.98. The van der Waals surface area contributed by atoms with E-state index >= 15 is 0 Å². The Morgan fingerprint density at radius 3 is 2.43 bits per heavy atom. The molecule has 0 unspecified atom stereocenters. The van der Waals surface area contributed by atoms with Crippen LogP contribution < -0.4 is 10.6 Å². The third-order valence-electron chi connectivity index (χ3n) is 4.16. The van der Waals surface area contributed by atoms with Gasteiger partial charge in [0.15, 0.2) is 0 Å². The van der Waals surface area contributed by atoms with Crippen LogP contribution in [0.5, 0.6) is 0 Å². The lowest BCUT2D eigenvalue weighted by Crippen LogP contribution is -2.50. The fourth-order valence-electron chi connectivity index (χ4n) is 3.04. The normalized spacial score (nSPS) is 17.0. The SMILES string of the molecule is NC(=O)[C@H](c1ccccc1)N1CCN(c2ccncc2Cl)CC1. The zero-order valence-corrected chi connectivity index (χ0v) is 13.5. The quantitative estimate of drug-likeness (QED) is 0.932. The summed E-state index contributed by atoms with van der Waals surface area (Å²) >= 11 is 6.21. The molecule has 1 aromatic carbocycles. The van der Waals surface area contributed by atoms with Crippen molar-refractivity contribution in [3.05, 3.63) is 59.4 Å². The molecule has 0 aliphatic carbocycles. The number of hydrogen-bond acceptors (Lipinski definition) is 4. The molecule has 0 bridgehead atoms. The highest BCUT2D eigenvalue weighted by Gasteiger charge is 2.29. The molecule has 2 aromatic rings. The van der Waals surface area contributed by atoms with Gasteiger partial charge in [0.1, 0.15) is 6.04 Å². The number of nitrogens with zero attached hydrogens (tertiary/aromatic N) is 3. The molecule has 0 radical (unpaired) electrons. The van der Waals surface area contributed by atoms with Gasteiger partial charge in [-0.3, -0.25) is 14.7 Å². The third-order valence-corrected chi connectivity index (χ3v) is 4.45. The summed E-state index contributed by atoms with van der Waals surface area (Å²) in [5, 5.41) is 0.649. The van der Waals surface area contributed by atoms with Gasteiger partial charge in [-0.15, -0.1) is 0 Å². The van der Waals surface area contributed by atoms with Crippen LogP contribution in [-0.2, 0) is 4.79 Å². The van der Waals surface area contributed by atoms with Gasteiger partial charge in [0.25, 0.3) is 0 Å². The van der Waals surface area contributed by atoms with E-state index in [1.165, 1.54) is 0 Å². The van der Waals surface area contributed by atoms with Crippen molar-refractivity contribution in [2.75, 3.05) is 31.1 Å². The van der Waals surface area contributed by atoms with E-state index in [0.717, 1.165) is 37.4 Å². The molecular weight excluding hydrogens is 312 g/mol. The number of halogens is 1. The summed E-state index contributed by atoms with van der Waals surface area (Å²) in [6.45, 7) is 3.09. The Morgan fingerprint density at radius 1 is 1.13 bits per heavy atom. The Balaban J connectivity index is 1.72. The number of hydrogen-bond donors (Lipinski definition) is 1. The van der Waals surface area contributed by atoms with Gasteiger partial charge in [-0.25, -0.2) is 0 Å². The summed E-state index contributed by atoms with van der Waals surface area (Å²) in [6.07, 6.45) is 3.39. The smallest absolute Gasteiger partial charge is 0.239 e. The molecule has 6 heteroatoms. The van der Waals surface area contributed by atoms with E-state index < -0.39 is 0 Å². The zero-order valence-electron chi connectivity index (χ0n) is 12.7. The van der Waals surface area contributed by atoms with Crippen LogP contribution in [0.4, 0.5) is 5.69 Å². The number of nitrogens with two attached hydrogens (primary N) is 1. The third kappa shape index (κ3) is 3.46. The number of carbonyl (C=O) groups excluding carboxylic acids is 1. The van der Waals surface area contributed by atoms with Gasteiger partial charge in [-0.05, 0) is 11.6 Å². The minimum Gasteiger partial charge on any atom is -0.368 e. The Bertz CT molecular complexity index is 671. The Morgan fingerprint density at radius 2 is 1.83 bits per heavy atom. The number of primary amides is 1. The second-order valence-corrected chi connectivity index (χ2v) is 5.97.